The monoisotopic (exact) mass is 411 g/mol. The second kappa shape index (κ2) is 10.3. The van der Waals surface area contributed by atoms with Crippen LogP contribution in [0.1, 0.15) is 11.1 Å². The number of hydrogen-bond donors (Lipinski definition) is 1. The maximum Gasteiger partial charge on any atom is 0.573 e. The summed E-state index contributed by atoms with van der Waals surface area (Å²) in [7, 11) is 0. The molecule has 0 fully saturated rings. The highest BCUT2D eigenvalue weighted by atomic mass is 19.4. The van der Waals surface area contributed by atoms with Crippen molar-refractivity contribution in [3.63, 3.8) is 0 Å². The molecule has 2 rings (SSSR count). The van der Waals surface area contributed by atoms with E-state index < -0.39 is 24.8 Å². The number of benzene rings is 2. The number of rotatable bonds is 8. The number of halogens is 4. The van der Waals surface area contributed by atoms with E-state index in [1.165, 1.54) is 24.3 Å². The zero-order chi connectivity index (χ0) is 21.3. The van der Waals surface area contributed by atoms with Gasteiger partial charge in [0.05, 0.1) is 0 Å². The lowest BCUT2D eigenvalue weighted by molar-refractivity contribution is -0.274. The third kappa shape index (κ3) is 8.46. The van der Waals surface area contributed by atoms with Gasteiger partial charge in [-0.25, -0.2) is 9.18 Å². The Hall–Kier alpha value is -3.36. The van der Waals surface area contributed by atoms with Crippen molar-refractivity contribution in [2.45, 2.75) is 12.8 Å². The SMILES string of the molecule is O=C(COC(=O)/C=C/c1ccc(OC(F)(F)F)cc1)NCCc1ccccc1F. The average Bonchev–Trinajstić information content (AvgIpc) is 2.66. The van der Waals surface area contributed by atoms with Crippen molar-refractivity contribution < 1.29 is 36.6 Å². The largest absolute Gasteiger partial charge is 0.573 e. The number of carbonyl (C=O) groups is 2. The molecule has 0 radical (unpaired) electrons. The van der Waals surface area contributed by atoms with Crippen LogP contribution in [0.25, 0.3) is 6.08 Å². The summed E-state index contributed by atoms with van der Waals surface area (Å²) in [6.07, 6.45) is -2.14. The van der Waals surface area contributed by atoms with Gasteiger partial charge in [-0.3, -0.25) is 4.79 Å². The van der Waals surface area contributed by atoms with E-state index >= 15 is 0 Å². The summed E-state index contributed by atoms with van der Waals surface area (Å²) >= 11 is 0. The second-order valence-electron chi connectivity index (χ2n) is 5.75. The Bertz CT molecular complexity index is 864. The van der Waals surface area contributed by atoms with Crippen LogP contribution < -0.4 is 10.1 Å². The van der Waals surface area contributed by atoms with E-state index in [-0.39, 0.29) is 18.1 Å². The van der Waals surface area contributed by atoms with Crippen molar-refractivity contribution in [1.82, 2.24) is 5.32 Å². The van der Waals surface area contributed by atoms with Gasteiger partial charge in [-0.1, -0.05) is 30.3 Å². The summed E-state index contributed by atoms with van der Waals surface area (Å²) in [6, 6.07) is 11.0. The number of esters is 1. The fourth-order valence-corrected chi connectivity index (χ4v) is 2.22. The minimum absolute atomic E-state index is 0.180. The molecule has 0 aliphatic carbocycles. The first-order valence-electron chi connectivity index (χ1n) is 8.44. The normalized spacial score (nSPS) is 11.3. The van der Waals surface area contributed by atoms with Crippen LogP contribution in [0, 0.1) is 5.82 Å². The van der Waals surface area contributed by atoms with Gasteiger partial charge in [0, 0.05) is 12.6 Å². The van der Waals surface area contributed by atoms with Crippen LogP contribution in [0.4, 0.5) is 17.6 Å². The number of amides is 1. The molecular formula is C20H17F4NO4. The van der Waals surface area contributed by atoms with Gasteiger partial charge < -0.3 is 14.8 Å². The number of alkyl halides is 3. The molecule has 2 aromatic carbocycles. The van der Waals surface area contributed by atoms with Crippen molar-refractivity contribution in [2.75, 3.05) is 13.2 Å². The van der Waals surface area contributed by atoms with E-state index in [4.69, 9.17) is 4.74 Å². The van der Waals surface area contributed by atoms with Gasteiger partial charge in [0.2, 0.25) is 0 Å². The van der Waals surface area contributed by atoms with Crippen molar-refractivity contribution in [2.24, 2.45) is 0 Å². The van der Waals surface area contributed by atoms with Gasteiger partial charge >= 0.3 is 12.3 Å². The molecule has 0 unspecified atom stereocenters. The third-order valence-electron chi connectivity index (χ3n) is 3.55. The van der Waals surface area contributed by atoms with E-state index in [0.29, 0.717) is 17.5 Å². The van der Waals surface area contributed by atoms with Crippen molar-refractivity contribution >= 4 is 18.0 Å². The van der Waals surface area contributed by atoms with Gasteiger partial charge in [0.25, 0.3) is 5.91 Å². The number of hydrogen-bond acceptors (Lipinski definition) is 4. The number of nitrogens with one attached hydrogen (secondary N) is 1. The lowest BCUT2D eigenvalue weighted by atomic mass is 10.1. The fraction of sp³-hybridized carbons (Fsp3) is 0.200. The van der Waals surface area contributed by atoms with Crippen LogP contribution in [0.2, 0.25) is 0 Å². The molecule has 1 amide bonds. The molecule has 0 atom stereocenters. The maximum absolute atomic E-state index is 13.4. The minimum Gasteiger partial charge on any atom is -0.452 e. The molecule has 0 heterocycles. The van der Waals surface area contributed by atoms with Gasteiger partial charge in [0.15, 0.2) is 6.61 Å². The zero-order valence-corrected chi connectivity index (χ0v) is 15.0. The Kier molecular flexibility index (Phi) is 7.76. The van der Waals surface area contributed by atoms with Crippen molar-refractivity contribution in [3.8, 4) is 5.75 Å². The highest BCUT2D eigenvalue weighted by molar-refractivity contribution is 5.89. The van der Waals surface area contributed by atoms with E-state index in [9.17, 15) is 27.2 Å². The Morgan fingerprint density at radius 3 is 2.38 bits per heavy atom. The quantitative estimate of drug-likeness (QED) is 0.409. The summed E-state index contributed by atoms with van der Waals surface area (Å²) in [5.74, 6) is -2.10. The Morgan fingerprint density at radius 2 is 1.72 bits per heavy atom. The van der Waals surface area contributed by atoms with Crippen molar-refractivity contribution in [3.05, 3.63) is 71.6 Å². The van der Waals surface area contributed by atoms with Gasteiger partial charge in [-0.2, -0.15) is 0 Å². The lowest BCUT2D eigenvalue weighted by Gasteiger charge is -2.08. The molecule has 2 aromatic rings. The van der Waals surface area contributed by atoms with Crippen LogP contribution in [0.15, 0.2) is 54.6 Å². The summed E-state index contributed by atoms with van der Waals surface area (Å²) in [4.78, 5) is 23.2. The van der Waals surface area contributed by atoms with Gasteiger partial charge in [0.1, 0.15) is 11.6 Å². The Labute approximate surface area is 163 Å². The minimum atomic E-state index is -4.78. The first kappa shape index (κ1) is 21.9. The molecule has 0 saturated heterocycles. The van der Waals surface area contributed by atoms with E-state index in [0.717, 1.165) is 18.2 Å². The van der Waals surface area contributed by atoms with E-state index in [2.05, 4.69) is 10.1 Å². The van der Waals surface area contributed by atoms with E-state index in [1.807, 2.05) is 0 Å². The first-order chi connectivity index (χ1) is 13.7. The van der Waals surface area contributed by atoms with Gasteiger partial charge in [-0.05, 0) is 41.8 Å². The number of carbonyl (C=O) groups excluding carboxylic acids is 2. The molecule has 0 aliphatic rings. The summed E-state index contributed by atoms with van der Waals surface area (Å²) in [5.41, 5.74) is 0.894. The molecular weight excluding hydrogens is 394 g/mol. The zero-order valence-electron chi connectivity index (χ0n) is 15.0. The predicted molar refractivity (Wildman–Crippen MR) is 96.2 cm³/mol. The molecule has 0 saturated carbocycles. The smallest absolute Gasteiger partial charge is 0.452 e. The molecule has 154 valence electrons. The molecule has 0 aromatic heterocycles. The molecule has 0 spiro atoms. The molecule has 1 N–H and O–H groups in total. The van der Waals surface area contributed by atoms with Crippen LogP contribution >= 0.6 is 0 Å². The number of ether oxygens (including phenoxy) is 2. The van der Waals surface area contributed by atoms with Crippen LogP contribution in [0.5, 0.6) is 5.75 Å². The van der Waals surface area contributed by atoms with E-state index in [1.54, 1.807) is 18.2 Å². The first-order valence-corrected chi connectivity index (χ1v) is 8.44. The Balaban J connectivity index is 1.70. The third-order valence-corrected chi connectivity index (χ3v) is 3.55. The second-order valence-corrected chi connectivity index (χ2v) is 5.75. The van der Waals surface area contributed by atoms with Crippen molar-refractivity contribution in [1.29, 1.82) is 0 Å². The molecule has 0 aliphatic heterocycles. The van der Waals surface area contributed by atoms with Crippen LogP contribution in [0.3, 0.4) is 0 Å². The maximum atomic E-state index is 13.4. The molecule has 5 nitrogen and oxygen atoms in total. The predicted octanol–water partition coefficient (Wildman–Crippen LogP) is 3.64. The fourth-order valence-electron chi connectivity index (χ4n) is 2.22. The van der Waals surface area contributed by atoms with Crippen LogP contribution in [-0.2, 0) is 20.7 Å². The molecule has 29 heavy (non-hydrogen) atoms. The lowest BCUT2D eigenvalue weighted by Crippen LogP contribution is -2.30. The average molecular weight is 411 g/mol. The summed E-state index contributed by atoms with van der Waals surface area (Å²) in [6.45, 7) is -0.335. The molecule has 9 heteroatoms. The Morgan fingerprint density at radius 1 is 1.03 bits per heavy atom. The topological polar surface area (TPSA) is 64.6 Å². The van der Waals surface area contributed by atoms with Gasteiger partial charge in [-0.15, -0.1) is 13.2 Å². The highest BCUT2D eigenvalue weighted by Crippen LogP contribution is 2.22. The summed E-state index contributed by atoms with van der Waals surface area (Å²) in [5, 5.41) is 2.50. The molecule has 0 bridgehead atoms. The standard InChI is InChI=1S/C20H17F4NO4/c21-17-4-2-1-3-15(17)11-12-25-18(26)13-28-19(27)10-7-14-5-8-16(9-6-14)29-20(22,23)24/h1-10H,11-13H2,(H,25,26)/b10-7+. The summed E-state index contributed by atoms with van der Waals surface area (Å²) < 4.78 is 58.2. The van der Waals surface area contributed by atoms with Crippen LogP contribution in [-0.4, -0.2) is 31.4 Å². The highest BCUT2D eigenvalue weighted by Gasteiger charge is 2.30.